The Balaban J connectivity index is 3.44. The van der Waals surface area contributed by atoms with Gasteiger partial charge in [-0.25, -0.2) is 0 Å². The van der Waals surface area contributed by atoms with E-state index >= 15 is 0 Å². The minimum Gasteiger partial charge on any atom is -0.359 e. The molecule has 0 saturated carbocycles. The Morgan fingerprint density at radius 3 is 2.60 bits per heavy atom. The van der Waals surface area contributed by atoms with Gasteiger partial charge in [0.05, 0.1) is 0 Å². The fourth-order valence-corrected chi connectivity index (χ4v) is 0.706. The quantitative estimate of drug-likeness (QED) is 0.356. The first-order chi connectivity index (χ1) is 4.66. The lowest BCUT2D eigenvalue weighted by Crippen LogP contribution is -2.36. The zero-order valence-corrected chi connectivity index (χ0v) is 7.33. The second-order valence-electron chi connectivity index (χ2n) is 2.13. The molecule has 0 bridgehead atoms. The molecule has 0 unspecified atom stereocenters. The van der Waals surface area contributed by atoms with Crippen LogP contribution in [0.1, 0.15) is 20.8 Å². The SMILES string of the molecule is CC=NNC(=S)NC(C)C. The van der Waals surface area contributed by atoms with E-state index in [0.29, 0.717) is 11.2 Å². The van der Waals surface area contributed by atoms with Gasteiger partial charge in [-0.05, 0) is 33.0 Å². The molecule has 0 heterocycles. The van der Waals surface area contributed by atoms with Crippen molar-refractivity contribution in [2.45, 2.75) is 26.8 Å². The van der Waals surface area contributed by atoms with Crippen LogP contribution in [0.5, 0.6) is 0 Å². The van der Waals surface area contributed by atoms with Crippen LogP contribution in [0.4, 0.5) is 0 Å². The van der Waals surface area contributed by atoms with Crippen molar-refractivity contribution in [1.29, 1.82) is 0 Å². The van der Waals surface area contributed by atoms with Crippen LogP contribution < -0.4 is 10.7 Å². The number of rotatable bonds is 2. The summed E-state index contributed by atoms with van der Waals surface area (Å²) < 4.78 is 0. The second kappa shape index (κ2) is 5.17. The van der Waals surface area contributed by atoms with Crippen molar-refractivity contribution >= 4 is 23.5 Å². The van der Waals surface area contributed by atoms with Crippen molar-refractivity contribution < 1.29 is 0 Å². The van der Waals surface area contributed by atoms with Crippen molar-refractivity contribution in [3.63, 3.8) is 0 Å². The topological polar surface area (TPSA) is 36.4 Å². The summed E-state index contributed by atoms with van der Waals surface area (Å²) in [6.07, 6.45) is 1.65. The Hall–Kier alpha value is -0.640. The molecule has 4 heteroatoms. The normalized spacial score (nSPS) is 10.4. The van der Waals surface area contributed by atoms with Gasteiger partial charge in [0.2, 0.25) is 0 Å². The standard InChI is InChI=1S/C6H13N3S/c1-4-7-9-6(10)8-5(2)3/h4-5H,1-3H3,(H2,8,9,10). The van der Waals surface area contributed by atoms with Crippen LogP contribution in [-0.2, 0) is 0 Å². The number of hydrogen-bond acceptors (Lipinski definition) is 2. The molecule has 58 valence electrons. The second-order valence-corrected chi connectivity index (χ2v) is 2.54. The minimum absolute atomic E-state index is 0.354. The van der Waals surface area contributed by atoms with E-state index in [4.69, 9.17) is 12.2 Å². The Bertz CT molecular complexity index is 131. The lowest BCUT2D eigenvalue weighted by Gasteiger charge is -2.08. The maximum Gasteiger partial charge on any atom is 0.187 e. The number of hydrazone groups is 1. The van der Waals surface area contributed by atoms with Crippen LogP contribution in [-0.4, -0.2) is 17.4 Å². The lowest BCUT2D eigenvalue weighted by atomic mass is 10.4. The number of hydrogen-bond donors (Lipinski definition) is 2. The Kier molecular flexibility index (Phi) is 4.84. The largest absolute Gasteiger partial charge is 0.359 e. The van der Waals surface area contributed by atoms with Gasteiger partial charge in [-0.15, -0.1) is 0 Å². The average Bonchev–Trinajstić information content (AvgIpc) is 1.82. The maximum atomic E-state index is 4.86. The highest BCUT2D eigenvalue weighted by molar-refractivity contribution is 7.80. The molecule has 2 N–H and O–H groups in total. The van der Waals surface area contributed by atoms with Crippen LogP contribution >= 0.6 is 12.2 Å². The minimum atomic E-state index is 0.354. The van der Waals surface area contributed by atoms with E-state index in [2.05, 4.69) is 15.8 Å². The van der Waals surface area contributed by atoms with E-state index in [1.54, 1.807) is 6.21 Å². The third kappa shape index (κ3) is 5.50. The van der Waals surface area contributed by atoms with Gasteiger partial charge in [0, 0.05) is 12.3 Å². The van der Waals surface area contributed by atoms with Crippen LogP contribution in [0.15, 0.2) is 5.10 Å². The molecular weight excluding hydrogens is 146 g/mol. The highest BCUT2D eigenvalue weighted by atomic mass is 32.1. The van der Waals surface area contributed by atoms with E-state index in [-0.39, 0.29) is 0 Å². The number of nitrogens with zero attached hydrogens (tertiary/aromatic N) is 1. The van der Waals surface area contributed by atoms with Gasteiger partial charge in [0.1, 0.15) is 0 Å². The van der Waals surface area contributed by atoms with Gasteiger partial charge in [-0.2, -0.15) is 5.10 Å². The molecule has 10 heavy (non-hydrogen) atoms. The molecule has 0 aromatic heterocycles. The summed E-state index contributed by atoms with van der Waals surface area (Å²) in [7, 11) is 0. The van der Waals surface area contributed by atoms with E-state index in [0.717, 1.165) is 0 Å². The fourth-order valence-electron chi connectivity index (χ4n) is 0.418. The highest BCUT2D eigenvalue weighted by Gasteiger charge is 1.93. The summed E-state index contributed by atoms with van der Waals surface area (Å²) in [6, 6.07) is 0.354. The van der Waals surface area contributed by atoms with Crippen molar-refractivity contribution in [3.8, 4) is 0 Å². The lowest BCUT2D eigenvalue weighted by molar-refractivity contribution is 0.719. The summed E-state index contributed by atoms with van der Waals surface area (Å²) in [5.41, 5.74) is 2.65. The van der Waals surface area contributed by atoms with E-state index in [1.165, 1.54) is 0 Å². The van der Waals surface area contributed by atoms with Crippen molar-refractivity contribution in [2.75, 3.05) is 0 Å². The van der Waals surface area contributed by atoms with Crippen molar-refractivity contribution in [3.05, 3.63) is 0 Å². The third-order valence-corrected chi connectivity index (χ3v) is 0.924. The van der Waals surface area contributed by atoms with Gasteiger partial charge in [-0.3, -0.25) is 5.43 Å². The maximum absolute atomic E-state index is 4.86. The Morgan fingerprint density at radius 1 is 1.60 bits per heavy atom. The predicted molar refractivity (Wildman–Crippen MR) is 48.2 cm³/mol. The van der Waals surface area contributed by atoms with Gasteiger partial charge in [0.15, 0.2) is 5.11 Å². The molecule has 0 aliphatic heterocycles. The van der Waals surface area contributed by atoms with Gasteiger partial charge in [0.25, 0.3) is 0 Å². The molecule has 0 radical (unpaired) electrons. The molecule has 0 atom stereocenters. The summed E-state index contributed by atoms with van der Waals surface area (Å²) in [4.78, 5) is 0. The molecule has 0 aliphatic carbocycles. The van der Waals surface area contributed by atoms with Gasteiger partial charge >= 0.3 is 0 Å². The van der Waals surface area contributed by atoms with Crippen LogP contribution in [0.2, 0.25) is 0 Å². The zero-order chi connectivity index (χ0) is 7.98. The predicted octanol–water partition coefficient (Wildman–Crippen LogP) is 0.865. The summed E-state index contributed by atoms with van der Waals surface area (Å²) in [6.45, 7) is 5.86. The summed E-state index contributed by atoms with van der Waals surface area (Å²) in [5.74, 6) is 0. The molecule has 0 rings (SSSR count). The molecular formula is C6H13N3S. The van der Waals surface area contributed by atoms with Crippen molar-refractivity contribution in [1.82, 2.24) is 10.7 Å². The molecule has 0 amide bonds. The van der Waals surface area contributed by atoms with E-state index in [9.17, 15) is 0 Å². The Labute approximate surface area is 66.9 Å². The molecule has 0 aromatic rings. The fraction of sp³-hybridized carbons (Fsp3) is 0.667. The first-order valence-electron chi connectivity index (χ1n) is 3.21. The third-order valence-electron chi connectivity index (χ3n) is 0.715. The molecule has 0 fully saturated rings. The first-order valence-corrected chi connectivity index (χ1v) is 3.61. The average molecular weight is 159 g/mol. The number of nitrogens with one attached hydrogen (secondary N) is 2. The zero-order valence-electron chi connectivity index (χ0n) is 6.51. The van der Waals surface area contributed by atoms with Crippen LogP contribution in [0.25, 0.3) is 0 Å². The van der Waals surface area contributed by atoms with Gasteiger partial charge < -0.3 is 5.32 Å². The summed E-state index contributed by atoms with van der Waals surface area (Å²) >= 11 is 4.86. The van der Waals surface area contributed by atoms with E-state index < -0.39 is 0 Å². The molecule has 0 spiro atoms. The highest BCUT2D eigenvalue weighted by Crippen LogP contribution is 1.75. The smallest absolute Gasteiger partial charge is 0.187 e. The van der Waals surface area contributed by atoms with Crippen LogP contribution in [0, 0.1) is 0 Å². The molecule has 0 aliphatic rings. The number of thiocarbonyl (C=S) groups is 1. The summed E-state index contributed by atoms with van der Waals surface area (Å²) in [5, 5.41) is 7.29. The van der Waals surface area contributed by atoms with Crippen molar-refractivity contribution in [2.24, 2.45) is 5.10 Å². The van der Waals surface area contributed by atoms with E-state index in [1.807, 2.05) is 20.8 Å². The molecule has 3 nitrogen and oxygen atoms in total. The van der Waals surface area contributed by atoms with Crippen LogP contribution in [0.3, 0.4) is 0 Å². The van der Waals surface area contributed by atoms with Gasteiger partial charge in [-0.1, -0.05) is 0 Å². The Morgan fingerprint density at radius 2 is 2.20 bits per heavy atom. The molecule has 0 saturated heterocycles. The first kappa shape index (κ1) is 9.36. The monoisotopic (exact) mass is 159 g/mol. The molecule has 0 aromatic carbocycles.